The molecule has 0 aromatic heterocycles. The Kier molecular flexibility index (Phi) is 7.74. The Hall–Kier alpha value is -2.74. The second-order valence-electron chi connectivity index (χ2n) is 4.97. The van der Waals surface area contributed by atoms with Crippen molar-refractivity contribution >= 4 is 29.4 Å². The van der Waals surface area contributed by atoms with E-state index < -0.39 is 30.4 Å². The lowest BCUT2D eigenvalue weighted by Crippen LogP contribution is -2.40. The molecule has 0 heterocycles. The molecule has 1 atom stereocenters. The Morgan fingerprint density at radius 2 is 2.12 bits per heavy atom. The highest BCUT2D eigenvalue weighted by Crippen LogP contribution is 2.36. The molecule has 1 rings (SSSR count). The van der Waals surface area contributed by atoms with Crippen LogP contribution in [0.4, 0.5) is 0 Å². The smallest absolute Gasteiger partial charge is 0.326 e. The van der Waals surface area contributed by atoms with Crippen molar-refractivity contribution in [3.63, 3.8) is 0 Å². The Morgan fingerprint density at radius 1 is 1.44 bits per heavy atom. The number of amides is 2. The van der Waals surface area contributed by atoms with Crippen LogP contribution in [0.1, 0.15) is 23.2 Å². The van der Waals surface area contributed by atoms with Gasteiger partial charge in [-0.3, -0.25) is 9.59 Å². The van der Waals surface area contributed by atoms with Crippen molar-refractivity contribution in [2.75, 3.05) is 13.7 Å². The molecule has 1 aromatic rings. The number of nitrogens with one attached hydrogen (secondary N) is 1. The van der Waals surface area contributed by atoms with Gasteiger partial charge in [-0.25, -0.2) is 4.79 Å². The number of aliphatic carboxylic acids is 1. The van der Waals surface area contributed by atoms with E-state index in [1.165, 1.54) is 19.2 Å². The molecular weight excluding hydrogens is 352 g/mol. The highest BCUT2D eigenvalue weighted by Gasteiger charge is 2.22. The predicted octanol–water partition coefficient (Wildman–Crippen LogP) is 1.36. The zero-order valence-electron chi connectivity index (χ0n) is 13.6. The number of halogens is 1. The monoisotopic (exact) mass is 370 g/mol. The fourth-order valence-electron chi connectivity index (χ4n) is 1.92. The summed E-state index contributed by atoms with van der Waals surface area (Å²) < 4.78 is 10.3. The van der Waals surface area contributed by atoms with Gasteiger partial charge in [-0.05, 0) is 25.0 Å². The summed E-state index contributed by atoms with van der Waals surface area (Å²) >= 11 is 6.06. The van der Waals surface area contributed by atoms with Crippen LogP contribution in [-0.2, 0) is 9.59 Å². The first-order chi connectivity index (χ1) is 11.8. The molecule has 1 aromatic carbocycles. The van der Waals surface area contributed by atoms with E-state index in [0.29, 0.717) is 6.42 Å². The van der Waals surface area contributed by atoms with Gasteiger partial charge in [-0.15, -0.1) is 6.58 Å². The molecule has 2 amide bonds. The molecule has 0 radical (unpaired) electrons. The molecule has 0 spiro atoms. The van der Waals surface area contributed by atoms with Gasteiger partial charge in [-0.1, -0.05) is 17.7 Å². The van der Waals surface area contributed by atoms with Crippen LogP contribution in [0.3, 0.4) is 0 Å². The van der Waals surface area contributed by atoms with Gasteiger partial charge in [0.25, 0.3) is 11.8 Å². The number of rotatable bonds is 10. The molecule has 0 saturated heterocycles. The number of hydrogen-bond donors (Lipinski definition) is 3. The highest BCUT2D eigenvalue weighted by atomic mass is 35.5. The number of carbonyl (C=O) groups is 3. The molecule has 8 nitrogen and oxygen atoms in total. The minimum atomic E-state index is -1.16. The lowest BCUT2D eigenvalue weighted by atomic mass is 10.1. The van der Waals surface area contributed by atoms with Gasteiger partial charge in [0.05, 0.1) is 12.1 Å². The van der Waals surface area contributed by atoms with Crippen LogP contribution < -0.4 is 20.5 Å². The Morgan fingerprint density at radius 3 is 2.64 bits per heavy atom. The quantitative estimate of drug-likeness (QED) is 0.533. The molecule has 25 heavy (non-hydrogen) atoms. The van der Waals surface area contributed by atoms with E-state index >= 15 is 0 Å². The van der Waals surface area contributed by atoms with E-state index in [1.54, 1.807) is 6.08 Å². The predicted molar refractivity (Wildman–Crippen MR) is 91.0 cm³/mol. The van der Waals surface area contributed by atoms with Gasteiger partial charge in [0, 0.05) is 5.56 Å². The molecule has 9 heteroatoms. The summed E-state index contributed by atoms with van der Waals surface area (Å²) in [6.07, 6.45) is 2.20. The molecule has 1 unspecified atom stereocenters. The van der Waals surface area contributed by atoms with Crippen molar-refractivity contribution in [2.45, 2.75) is 18.9 Å². The molecule has 0 aliphatic heterocycles. The summed E-state index contributed by atoms with van der Waals surface area (Å²) in [7, 11) is 1.33. The Labute approximate surface area is 149 Å². The number of primary amides is 1. The highest BCUT2D eigenvalue weighted by molar-refractivity contribution is 6.32. The minimum Gasteiger partial charge on any atom is -0.493 e. The third kappa shape index (κ3) is 6.00. The van der Waals surface area contributed by atoms with Gasteiger partial charge in [0.1, 0.15) is 6.04 Å². The van der Waals surface area contributed by atoms with Gasteiger partial charge in [0.15, 0.2) is 18.1 Å². The number of carboxylic acids is 1. The number of hydrogen-bond acceptors (Lipinski definition) is 5. The number of carbonyl (C=O) groups excluding carboxylic acids is 2. The van der Waals surface area contributed by atoms with Crippen molar-refractivity contribution in [2.24, 2.45) is 5.73 Å². The van der Waals surface area contributed by atoms with Gasteiger partial charge in [0.2, 0.25) is 0 Å². The van der Waals surface area contributed by atoms with E-state index in [4.69, 9.17) is 31.9 Å². The third-order valence-corrected chi connectivity index (χ3v) is 3.39. The van der Waals surface area contributed by atoms with E-state index in [2.05, 4.69) is 11.9 Å². The first kappa shape index (κ1) is 20.3. The largest absolute Gasteiger partial charge is 0.493 e. The zero-order valence-corrected chi connectivity index (χ0v) is 14.3. The van der Waals surface area contributed by atoms with Crippen molar-refractivity contribution in [3.8, 4) is 11.5 Å². The normalized spacial score (nSPS) is 11.3. The van der Waals surface area contributed by atoms with Crippen LogP contribution in [0.25, 0.3) is 0 Å². The van der Waals surface area contributed by atoms with E-state index in [0.717, 1.165) is 0 Å². The number of carboxylic acid groups (broad SMARTS) is 1. The SMILES string of the molecule is C=CCCC(NC(=O)c1cc(Cl)c(OCC(N)=O)c(OC)c1)C(=O)O. The third-order valence-electron chi connectivity index (χ3n) is 3.11. The zero-order chi connectivity index (χ0) is 19.0. The fraction of sp³-hybridized carbons (Fsp3) is 0.312. The summed E-state index contributed by atoms with van der Waals surface area (Å²) in [5.41, 5.74) is 5.09. The van der Waals surface area contributed by atoms with Crippen molar-refractivity contribution in [3.05, 3.63) is 35.4 Å². The Balaban J connectivity index is 3.02. The molecule has 0 bridgehead atoms. The summed E-state index contributed by atoms with van der Waals surface area (Å²) in [5.74, 6) is -2.34. The summed E-state index contributed by atoms with van der Waals surface area (Å²) in [6, 6.07) is 1.53. The average Bonchev–Trinajstić information content (AvgIpc) is 2.55. The molecule has 136 valence electrons. The van der Waals surface area contributed by atoms with Crippen molar-refractivity contribution in [1.29, 1.82) is 0 Å². The number of allylic oxidation sites excluding steroid dienone is 1. The maximum Gasteiger partial charge on any atom is 0.326 e. The van der Waals surface area contributed by atoms with E-state index in [-0.39, 0.29) is 28.5 Å². The maximum atomic E-state index is 12.3. The second-order valence-corrected chi connectivity index (χ2v) is 5.38. The molecule has 0 saturated carbocycles. The first-order valence-corrected chi connectivity index (χ1v) is 7.61. The first-order valence-electron chi connectivity index (χ1n) is 7.23. The lowest BCUT2D eigenvalue weighted by Gasteiger charge is -2.16. The number of methoxy groups -OCH3 is 1. The molecular formula is C16H19ClN2O6. The standard InChI is InChI=1S/C16H19ClN2O6/c1-3-4-5-11(16(22)23)19-15(21)9-6-10(17)14(12(7-9)24-2)25-8-13(18)20/h3,6-7,11H,1,4-5,8H2,2H3,(H2,18,20)(H,19,21)(H,22,23). The minimum absolute atomic E-state index is 0.0173. The van der Waals surface area contributed by atoms with Crippen LogP contribution >= 0.6 is 11.6 Å². The van der Waals surface area contributed by atoms with Gasteiger partial charge < -0.3 is 25.6 Å². The maximum absolute atomic E-state index is 12.3. The van der Waals surface area contributed by atoms with Crippen LogP contribution in [0, 0.1) is 0 Å². The summed E-state index contributed by atoms with van der Waals surface area (Å²) in [6.45, 7) is 3.10. The lowest BCUT2D eigenvalue weighted by molar-refractivity contribution is -0.139. The summed E-state index contributed by atoms with van der Waals surface area (Å²) in [4.78, 5) is 34.3. The second kappa shape index (κ2) is 9.53. The molecule has 0 aliphatic carbocycles. The number of benzene rings is 1. The topological polar surface area (TPSA) is 128 Å². The van der Waals surface area contributed by atoms with Crippen LogP contribution in [0.15, 0.2) is 24.8 Å². The van der Waals surface area contributed by atoms with Gasteiger partial charge >= 0.3 is 5.97 Å². The average molecular weight is 371 g/mol. The van der Waals surface area contributed by atoms with Crippen LogP contribution in [0.2, 0.25) is 5.02 Å². The molecule has 0 fully saturated rings. The fourth-order valence-corrected chi connectivity index (χ4v) is 2.18. The van der Waals surface area contributed by atoms with Crippen molar-refractivity contribution < 1.29 is 29.0 Å². The Bertz CT molecular complexity index is 677. The summed E-state index contributed by atoms with van der Waals surface area (Å²) in [5, 5.41) is 11.6. The van der Waals surface area contributed by atoms with Crippen LogP contribution in [0.5, 0.6) is 11.5 Å². The molecule has 4 N–H and O–H groups in total. The van der Waals surface area contributed by atoms with Gasteiger partial charge in [-0.2, -0.15) is 0 Å². The molecule has 0 aliphatic rings. The van der Waals surface area contributed by atoms with Crippen molar-refractivity contribution in [1.82, 2.24) is 5.32 Å². The number of ether oxygens (including phenoxy) is 2. The number of nitrogens with two attached hydrogens (primary N) is 1. The van der Waals surface area contributed by atoms with Crippen LogP contribution in [-0.4, -0.2) is 42.6 Å². The van der Waals surface area contributed by atoms with E-state index in [9.17, 15) is 14.4 Å². The van der Waals surface area contributed by atoms with E-state index in [1.807, 2.05) is 0 Å².